The second-order valence-corrected chi connectivity index (χ2v) is 6.84. The van der Waals surface area contributed by atoms with Gasteiger partial charge in [0.25, 0.3) is 0 Å². The molecule has 22 heavy (non-hydrogen) atoms. The molecule has 1 aliphatic heterocycles. The van der Waals surface area contributed by atoms with Crippen LogP contribution in [0.5, 0.6) is 0 Å². The average Bonchev–Trinajstić information content (AvgIpc) is 2.86. The van der Waals surface area contributed by atoms with E-state index in [1.807, 2.05) is 31.5 Å². The van der Waals surface area contributed by atoms with Crippen molar-refractivity contribution in [2.75, 3.05) is 25.0 Å². The molecule has 7 nitrogen and oxygen atoms in total. The van der Waals surface area contributed by atoms with E-state index in [1.165, 1.54) is 0 Å². The van der Waals surface area contributed by atoms with E-state index in [9.17, 15) is 9.59 Å². The summed E-state index contributed by atoms with van der Waals surface area (Å²) in [7, 11) is 0. The predicted octanol–water partition coefficient (Wildman–Crippen LogP) is 0.990. The third kappa shape index (κ3) is 4.07. The summed E-state index contributed by atoms with van der Waals surface area (Å²) in [5, 5.41) is 7.30. The topological polar surface area (TPSA) is 93.2 Å². The van der Waals surface area contributed by atoms with Crippen LogP contribution in [0.4, 0.5) is 5.82 Å². The van der Waals surface area contributed by atoms with E-state index >= 15 is 0 Å². The molecule has 0 aliphatic carbocycles. The molecule has 3 N–H and O–H groups in total. The Morgan fingerprint density at radius 1 is 1.36 bits per heavy atom. The summed E-state index contributed by atoms with van der Waals surface area (Å²) in [6.07, 6.45) is 3.47. The maximum atomic E-state index is 12.1. The maximum absolute atomic E-state index is 12.1. The van der Waals surface area contributed by atoms with Crippen LogP contribution in [-0.4, -0.2) is 46.1 Å². The Bertz CT molecular complexity index is 538. The van der Waals surface area contributed by atoms with Crippen molar-refractivity contribution in [2.45, 2.75) is 39.7 Å². The van der Waals surface area contributed by atoms with Crippen molar-refractivity contribution in [3.8, 4) is 0 Å². The van der Waals surface area contributed by atoms with E-state index in [1.54, 1.807) is 6.20 Å². The second-order valence-electron chi connectivity index (χ2n) is 6.84. The average molecular weight is 307 g/mol. The number of nitrogens with one attached hydrogen (secondary N) is 1. The van der Waals surface area contributed by atoms with Gasteiger partial charge in [0.05, 0.1) is 18.8 Å². The van der Waals surface area contributed by atoms with Gasteiger partial charge in [0.15, 0.2) is 0 Å². The maximum Gasteiger partial charge on any atom is 0.231 e. The molecule has 0 atom stereocenters. The number of anilines is 1. The number of amides is 2. The van der Waals surface area contributed by atoms with Gasteiger partial charge in [-0.2, -0.15) is 5.10 Å². The SMILES string of the molecule is CC(C)(C)C(=O)Nc1ccnn1C1CCN(CC(N)=O)CC1. The summed E-state index contributed by atoms with van der Waals surface area (Å²) in [6, 6.07) is 2.05. The molecule has 7 heteroatoms. The summed E-state index contributed by atoms with van der Waals surface area (Å²) in [5.74, 6) is 0.407. The number of carbonyl (C=O) groups is 2. The van der Waals surface area contributed by atoms with Gasteiger partial charge in [-0.05, 0) is 12.8 Å². The molecule has 0 radical (unpaired) electrons. The summed E-state index contributed by atoms with van der Waals surface area (Å²) in [6.45, 7) is 7.56. The monoisotopic (exact) mass is 307 g/mol. The number of nitrogens with zero attached hydrogens (tertiary/aromatic N) is 3. The summed E-state index contributed by atoms with van der Waals surface area (Å²) < 4.78 is 1.88. The number of primary amides is 1. The van der Waals surface area contributed by atoms with Gasteiger partial charge in [-0.25, -0.2) is 4.68 Å². The summed E-state index contributed by atoms with van der Waals surface area (Å²) in [4.78, 5) is 25.1. The Balaban J connectivity index is 1.99. The van der Waals surface area contributed by atoms with Gasteiger partial charge >= 0.3 is 0 Å². The minimum atomic E-state index is -0.444. The summed E-state index contributed by atoms with van der Waals surface area (Å²) >= 11 is 0. The van der Waals surface area contributed by atoms with Crippen molar-refractivity contribution >= 4 is 17.6 Å². The summed E-state index contributed by atoms with van der Waals surface area (Å²) in [5.41, 5.74) is 4.78. The highest BCUT2D eigenvalue weighted by Gasteiger charge is 2.26. The number of piperidine rings is 1. The number of carbonyl (C=O) groups excluding carboxylic acids is 2. The van der Waals surface area contributed by atoms with Gasteiger partial charge < -0.3 is 11.1 Å². The lowest BCUT2D eigenvalue weighted by Crippen LogP contribution is -2.40. The minimum absolute atomic E-state index is 0.0274. The van der Waals surface area contributed by atoms with Crippen molar-refractivity contribution in [3.63, 3.8) is 0 Å². The third-order valence-electron chi connectivity index (χ3n) is 3.88. The van der Waals surface area contributed by atoms with Crippen LogP contribution in [0.2, 0.25) is 0 Å². The highest BCUT2D eigenvalue weighted by atomic mass is 16.2. The van der Waals surface area contributed by atoms with Gasteiger partial charge in [0, 0.05) is 24.6 Å². The van der Waals surface area contributed by atoms with Gasteiger partial charge in [0.2, 0.25) is 11.8 Å². The van der Waals surface area contributed by atoms with Crippen LogP contribution in [0.3, 0.4) is 0 Å². The lowest BCUT2D eigenvalue weighted by Gasteiger charge is -2.32. The number of nitrogens with two attached hydrogens (primary N) is 1. The minimum Gasteiger partial charge on any atom is -0.369 e. The molecule has 1 aromatic rings. The lowest BCUT2D eigenvalue weighted by molar-refractivity contribution is -0.123. The quantitative estimate of drug-likeness (QED) is 0.867. The highest BCUT2D eigenvalue weighted by Crippen LogP contribution is 2.26. The van der Waals surface area contributed by atoms with Gasteiger partial charge in [-0.1, -0.05) is 20.8 Å². The van der Waals surface area contributed by atoms with Crippen molar-refractivity contribution < 1.29 is 9.59 Å². The first-order valence-electron chi connectivity index (χ1n) is 7.63. The van der Waals surface area contributed by atoms with Crippen LogP contribution in [0.1, 0.15) is 39.7 Å². The van der Waals surface area contributed by atoms with E-state index in [4.69, 9.17) is 5.73 Å². The van der Waals surface area contributed by atoms with Gasteiger partial charge in [0.1, 0.15) is 5.82 Å². The van der Waals surface area contributed by atoms with Gasteiger partial charge in [-0.15, -0.1) is 0 Å². The largest absolute Gasteiger partial charge is 0.369 e. The molecule has 0 unspecified atom stereocenters. The Labute approximate surface area is 130 Å². The Morgan fingerprint density at radius 2 is 2.00 bits per heavy atom. The van der Waals surface area contributed by atoms with Crippen LogP contribution >= 0.6 is 0 Å². The van der Waals surface area contributed by atoms with Crippen LogP contribution in [0.25, 0.3) is 0 Å². The Hall–Kier alpha value is -1.89. The molecule has 0 aromatic carbocycles. The molecule has 1 aromatic heterocycles. The molecular formula is C15H25N5O2. The standard InChI is InChI=1S/C15H25N5O2/c1-15(2,3)14(22)18-13-4-7-17-20(13)11-5-8-19(9-6-11)10-12(16)21/h4,7,11H,5-6,8-10H2,1-3H3,(H2,16,21)(H,18,22). The molecule has 0 saturated carbocycles. The van der Waals surface area contributed by atoms with Gasteiger partial charge in [-0.3, -0.25) is 14.5 Å². The fourth-order valence-electron chi connectivity index (χ4n) is 2.55. The molecule has 1 aliphatic rings. The molecular weight excluding hydrogens is 282 g/mol. The van der Waals surface area contributed by atoms with Crippen LogP contribution < -0.4 is 11.1 Å². The van der Waals surface area contributed by atoms with Crippen molar-refractivity contribution in [2.24, 2.45) is 11.1 Å². The van der Waals surface area contributed by atoms with Crippen LogP contribution in [-0.2, 0) is 9.59 Å². The van der Waals surface area contributed by atoms with E-state index < -0.39 is 5.41 Å². The number of hydrogen-bond acceptors (Lipinski definition) is 4. The molecule has 122 valence electrons. The molecule has 0 bridgehead atoms. The van der Waals surface area contributed by atoms with E-state index in [0.29, 0.717) is 6.54 Å². The molecule has 0 spiro atoms. The van der Waals surface area contributed by atoms with Crippen LogP contribution in [0.15, 0.2) is 12.3 Å². The number of likely N-dealkylation sites (tertiary alicyclic amines) is 1. The normalized spacial score (nSPS) is 17.4. The lowest BCUT2D eigenvalue weighted by atomic mass is 9.96. The Morgan fingerprint density at radius 3 is 2.55 bits per heavy atom. The van der Waals surface area contributed by atoms with Crippen LogP contribution in [0, 0.1) is 5.41 Å². The first kappa shape index (κ1) is 16.5. The fraction of sp³-hybridized carbons (Fsp3) is 0.667. The second kappa shape index (κ2) is 6.48. The number of rotatable bonds is 4. The third-order valence-corrected chi connectivity index (χ3v) is 3.88. The number of aromatic nitrogens is 2. The Kier molecular flexibility index (Phi) is 4.85. The van der Waals surface area contributed by atoms with Crippen molar-refractivity contribution in [3.05, 3.63) is 12.3 Å². The smallest absolute Gasteiger partial charge is 0.231 e. The zero-order valence-corrected chi connectivity index (χ0v) is 13.5. The zero-order chi connectivity index (χ0) is 16.3. The molecule has 2 heterocycles. The molecule has 1 saturated heterocycles. The zero-order valence-electron chi connectivity index (χ0n) is 13.5. The molecule has 1 fully saturated rings. The molecule has 2 amide bonds. The van der Waals surface area contributed by atoms with Crippen molar-refractivity contribution in [1.82, 2.24) is 14.7 Å². The molecule has 2 rings (SSSR count). The highest BCUT2D eigenvalue weighted by molar-refractivity contribution is 5.93. The fourth-order valence-corrected chi connectivity index (χ4v) is 2.55. The van der Waals surface area contributed by atoms with E-state index in [0.717, 1.165) is 31.7 Å². The predicted molar refractivity (Wildman–Crippen MR) is 84.2 cm³/mol. The van der Waals surface area contributed by atoms with E-state index in [2.05, 4.69) is 15.3 Å². The number of hydrogen-bond donors (Lipinski definition) is 2. The van der Waals surface area contributed by atoms with Crippen molar-refractivity contribution in [1.29, 1.82) is 0 Å². The first-order valence-corrected chi connectivity index (χ1v) is 7.63. The first-order chi connectivity index (χ1) is 10.3. The van der Waals surface area contributed by atoms with E-state index in [-0.39, 0.29) is 17.9 Å².